The fourth-order valence-corrected chi connectivity index (χ4v) is 1.04. The molecular weight excluding hydrogens is 176 g/mol. The van der Waals surface area contributed by atoms with E-state index < -0.39 is 24.4 Å². The van der Waals surface area contributed by atoms with Crippen molar-refractivity contribution in [1.82, 2.24) is 10.6 Å². The van der Waals surface area contributed by atoms with Crippen LogP contribution in [0, 0.1) is 0 Å². The van der Waals surface area contributed by atoms with Gasteiger partial charge in [0.2, 0.25) is 12.5 Å². The van der Waals surface area contributed by atoms with Crippen LogP contribution in [0.4, 0.5) is 0 Å². The van der Waals surface area contributed by atoms with Gasteiger partial charge < -0.3 is 9.47 Å². The second kappa shape index (κ2) is 4.20. The fourth-order valence-electron chi connectivity index (χ4n) is 1.04. The van der Waals surface area contributed by atoms with Crippen LogP contribution in [0.15, 0.2) is 0 Å². The summed E-state index contributed by atoms with van der Waals surface area (Å²) in [5.74, 6) is -0.836. The van der Waals surface area contributed by atoms with Gasteiger partial charge in [0.15, 0.2) is 0 Å². The van der Waals surface area contributed by atoms with Crippen molar-refractivity contribution in [2.45, 2.75) is 26.3 Å². The summed E-state index contributed by atoms with van der Waals surface area (Å²) >= 11 is 0. The third-order valence-corrected chi connectivity index (χ3v) is 1.47. The third-order valence-electron chi connectivity index (χ3n) is 1.47. The van der Waals surface area contributed by atoms with Crippen LogP contribution in [0.3, 0.4) is 0 Å². The summed E-state index contributed by atoms with van der Waals surface area (Å²) in [7, 11) is 0. The minimum atomic E-state index is -0.596. The number of carbonyl (C=O) groups is 2. The van der Waals surface area contributed by atoms with E-state index in [4.69, 9.17) is 9.47 Å². The molecule has 0 radical (unpaired) electrons. The zero-order chi connectivity index (χ0) is 9.84. The molecule has 0 aromatic heterocycles. The van der Waals surface area contributed by atoms with E-state index in [1.165, 1.54) is 13.8 Å². The zero-order valence-electron chi connectivity index (χ0n) is 7.49. The van der Waals surface area contributed by atoms with Gasteiger partial charge in [-0.1, -0.05) is 0 Å². The highest BCUT2D eigenvalue weighted by Gasteiger charge is 2.31. The van der Waals surface area contributed by atoms with Gasteiger partial charge in [0, 0.05) is 13.8 Å². The molecule has 2 N–H and O–H groups in total. The van der Waals surface area contributed by atoms with Gasteiger partial charge in [0.1, 0.15) is 0 Å². The smallest absolute Gasteiger partial charge is 0.304 e. The number of ether oxygens (including phenoxy) is 2. The molecule has 0 spiro atoms. The molecule has 74 valence electrons. The standard InChI is InChI=1S/C7H12N2O4/c1-4(10)12-6-7(9-3-8-6)13-5(2)11/h6-9H,3H2,1-2H3/t6-,7+. The second-order valence-electron chi connectivity index (χ2n) is 2.65. The predicted molar refractivity (Wildman–Crippen MR) is 42.2 cm³/mol. The van der Waals surface area contributed by atoms with Gasteiger partial charge in [0.05, 0.1) is 6.67 Å². The van der Waals surface area contributed by atoms with Crippen LogP contribution in [-0.2, 0) is 19.1 Å². The number of hydrogen-bond acceptors (Lipinski definition) is 6. The summed E-state index contributed by atoms with van der Waals surface area (Å²) in [6.45, 7) is 3.03. The molecular formula is C7H12N2O4. The summed E-state index contributed by atoms with van der Waals surface area (Å²) in [6, 6.07) is 0. The van der Waals surface area contributed by atoms with Crippen molar-refractivity contribution >= 4 is 11.9 Å². The lowest BCUT2D eigenvalue weighted by Crippen LogP contribution is -2.40. The van der Waals surface area contributed by atoms with Crippen molar-refractivity contribution in [2.24, 2.45) is 0 Å². The Morgan fingerprint density at radius 3 is 1.77 bits per heavy atom. The molecule has 1 saturated heterocycles. The molecule has 0 aromatic rings. The number of hydrogen-bond donors (Lipinski definition) is 2. The largest absolute Gasteiger partial charge is 0.441 e. The lowest BCUT2D eigenvalue weighted by Gasteiger charge is -2.17. The summed E-state index contributed by atoms with van der Waals surface area (Å²) in [5.41, 5.74) is 0. The van der Waals surface area contributed by atoms with Gasteiger partial charge in [-0.3, -0.25) is 20.2 Å². The Labute approximate surface area is 75.6 Å². The fraction of sp³-hybridized carbons (Fsp3) is 0.714. The van der Waals surface area contributed by atoms with E-state index in [9.17, 15) is 9.59 Å². The van der Waals surface area contributed by atoms with E-state index >= 15 is 0 Å². The Hall–Kier alpha value is -1.14. The normalized spacial score (nSPS) is 26.9. The molecule has 6 heteroatoms. The predicted octanol–water partition coefficient (Wildman–Crippen LogP) is -1.08. The molecule has 1 rings (SSSR count). The van der Waals surface area contributed by atoms with Crippen LogP contribution in [0.25, 0.3) is 0 Å². The van der Waals surface area contributed by atoms with Crippen LogP contribution in [0.1, 0.15) is 13.8 Å². The van der Waals surface area contributed by atoms with Gasteiger partial charge in [-0.15, -0.1) is 0 Å². The third kappa shape index (κ3) is 3.00. The number of esters is 2. The van der Waals surface area contributed by atoms with Crippen LogP contribution in [0.2, 0.25) is 0 Å². The summed E-state index contributed by atoms with van der Waals surface area (Å²) in [4.78, 5) is 21.2. The highest BCUT2D eigenvalue weighted by atomic mass is 16.6. The van der Waals surface area contributed by atoms with Crippen LogP contribution >= 0.6 is 0 Å². The lowest BCUT2D eigenvalue weighted by molar-refractivity contribution is -0.165. The van der Waals surface area contributed by atoms with Gasteiger partial charge in [-0.25, -0.2) is 0 Å². The van der Waals surface area contributed by atoms with Crippen molar-refractivity contribution < 1.29 is 19.1 Å². The Balaban J connectivity index is 2.43. The van der Waals surface area contributed by atoms with Crippen LogP contribution in [0.5, 0.6) is 0 Å². The topological polar surface area (TPSA) is 76.7 Å². The SMILES string of the molecule is CC(=O)O[C@H]1NCN[C@H]1OC(C)=O. The average molecular weight is 188 g/mol. The molecule has 0 unspecified atom stereocenters. The molecule has 0 saturated carbocycles. The highest BCUT2D eigenvalue weighted by molar-refractivity contribution is 5.67. The van der Waals surface area contributed by atoms with E-state index in [2.05, 4.69) is 10.6 Å². The van der Waals surface area contributed by atoms with E-state index in [0.717, 1.165) is 0 Å². The number of carbonyl (C=O) groups excluding carboxylic acids is 2. The molecule has 2 atom stereocenters. The molecule has 13 heavy (non-hydrogen) atoms. The van der Waals surface area contributed by atoms with Crippen molar-refractivity contribution in [1.29, 1.82) is 0 Å². The maximum atomic E-state index is 10.6. The molecule has 1 aliphatic heterocycles. The maximum absolute atomic E-state index is 10.6. The first-order valence-corrected chi connectivity index (χ1v) is 3.91. The van der Waals surface area contributed by atoms with Gasteiger partial charge >= 0.3 is 11.9 Å². The molecule has 1 fully saturated rings. The van der Waals surface area contributed by atoms with Crippen molar-refractivity contribution in [3.05, 3.63) is 0 Å². The van der Waals surface area contributed by atoms with E-state index in [-0.39, 0.29) is 0 Å². The van der Waals surface area contributed by atoms with Gasteiger partial charge in [-0.2, -0.15) is 0 Å². The number of nitrogens with one attached hydrogen (secondary N) is 2. The Kier molecular flexibility index (Phi) is 3.21. The van der Waals surface area contributed by atoms with Crippen molar-refractivity contribution in [3.63, 3.8) is 0 Å². The van der Waals surface area contributed by atoms with Crippen molar-refractivity contribution in [2.75, 3.05) is 6.67 Å². The highest BCUT2D eigenvalue weighted by Crippen LogP contribution is 2.03. The molecule has 0 aromatic carbocycles. The summed E-state index contributed by atoms with van der Waals surface area (Å²) in [6.07, 6.45) is -1.19. The zero-order valence-corrected chi connectivity index (χ0v) is 7.49. The monoisotopic (exact) mass is 188 g/mol. The number of rotatable bonds is 2. The average Bonchev–Trinajstić information content (AvgIpc) is 2.34. The first kappa shape index (κ1) is 9.94. The van der Waals surface area contributed by atoms with Crippen LogP contribution < -0.4 is 10.6 Å². The maximum Gasteiger partial charge on any atom is 0.304 e. The molecule has 1 aliphatic rings. The quantitative estimate of drug-likeness (QED) is 0.536. The first-order valence-electron chi connectivity index (χ1n) is 3.91. The Bertz CT molecular complexity index is 197. The van der Waals surface area contributed by atoms with Crippen molar-refractivity contribution in [3.8, 4) is 0 Å². The molecule has 0 amide bonds. The summed E-state index contributed by atoms with van der Waals surface area (Å²) in [5, 5.41) is 5.62. The minimum absolute atomic E-state index is 0.418. The summed E-state index contributed by atoms with van der Waals surface area (Å²) < 4.78 is 9.67. The first-order chi connectivity index (χ1) is 6.09. The Morgan fingerprint density at radius 2 is 1.46 bits per heavy atom. The van der Waals surface area contributed by atoms with Crippen LogP contribution in [-0.4, -0.2) is 31.1 Å². The molecule has 1 heterocycles. The van der Waals surface area contributed by atoms with E-state index in [0.29, 0.717) is 6.67 Å². The van der Waals surface area contributed by atoms with E-state index in [1.54, 1.807) is 0 Å². The second-order valence-corrected chi connectivity index (χ2v) is 2.65. The molecule has 6 nitrogen and oxygen atoms in total. The van der Waals surface area contributed by atoms with Gasteiger partial charge in [-0.05, 0) is 0 Å². The Morgan fingerprint density at radius 1 is 1.08 bits per heavy atom. The minimum Gasteiger partial charge on any atom is -0.441 e. The molecule has 0 bridgehead atoms. The van der Waals surface area contributed by atoms with Gasteiger partial charge in [0.25, 0.3) is 0 Å². The lowest BCUT2D eigenvalue weighted by atomic mass is 10.5. The molecule has 0 aliphatic carbocycles. The van der Waals surface area contributed by atoms with E-state index in [1.807, 2.05) is 0 Å².